The second-order valence-corrected chi connectivity index (χ2v) is 6.80. The Balaban J connectivity index is 2.26. The Morgan fingerprint density at radius 3 is 2.71 bits per heavy atom. The molecule has 2 N–H and O–H groups in total. The predicted molar refractivity (Wildman–Crippen MR) is 78.6 cm³/mol. The fourth-order valence-electron chi connectivity index (χ4n) is 1.67. The third-order valence-electron chi connectivity index (χ3n) is 2.77. The van der Waals surface area contributed by atoms with Gasteiger partial charge in [0.25, 0.3) is 0 Å². The molecule has 114 valence electrons. The summed E-state index contributed by atoms with van der Waals surface area (Å²) in [6, 6.07) is 1.36. The maximum atomic E-state index is 12.4. The van der Waals surface area contributed by atoms with Crippen molar-refractivity contribution in [1.29, 1.82) is 0 Å². The van der Waals surface area contributed by atoms with Crippen molar-refractivity contribution in [1.82, 2.24) is 24.5 Å². The van der Waals surface area contributed by atoms with Crippen molar-refractivity contribution in [2.24, 2.45) is 0 Å². The van der Waals surface area contributed by atoms with Gasteiger partial charge in [-0.2, -0.15) is 9.40 Å². The molecule has 0 spiro atoms. The first-order chi connectivity index (χ1) is 9.84. The van der Waals surface area contributed by atoms with Crippen LogP contribution in [0.25, 0.3) is 0 Å². The molecule has 0 unspecified atom stereocenters. The summed E-state index contributed by atoms with van der Waals surface area (Å²) in [6.45, 7) is 1.79. The summed E-state index contributed by atoms with van der Waals surface area (Å²) in [4.78, 5) is 8.06. The number of nitrogens with one attached hydrogen (secondary N) is 2. The molecule has 0 atom stereocenters. The van der Waals surface area contributed by atoms with Crippen molar-refractivity contribution >= 4 is 27.4 Å². The molecule has 0 aliphatic heterocycles. The van der Waals surface area contributed by atoms with E-state index in [9.17, 15) is 8.42 Å². The molecule has 2 rings (SSSR count). The Bertz CT molecular complexity index is 745. The lowest BCUT2D eigenvalue weighted by molar-refractivity contribution is 0.457. The van der Waals surface area contributed by atoms with Gasteiger partial charge in [-0.15, -0.1) is 0 Å². The molecule has 0 bridgehead atoms. The highest BCUT2D eigenvalue weighted by atomic mass is 35.5. The number of H-pyrrole nitrogens is 1. The average Bonchev–Trinajstić information content (AvgIpc) is 2.83. The van der Waals surface area contributed by atoms with Gasteiger partial charge in [0.1, 0.15) is 16.5 Å². The lowest BCUT2D eigenvalue weighted by atomic mass is 10.4. The zero-order chi connectivity index (χ0) is 15.6. The lowest BCUT2D eigenvalue weighted by Gasteiger charge is -2.15. The second-order valence-electron chi connectivity index (χ2n) is 4.35. The van der Waals surface area contributed by atoms with Crippen LogP contribution in [0.5, 0.6) is 0 Å². The quantitative estimate of drug-likeness (QED) is 0.848. The van der Waals surface area contributed by atoms with Gasteiger partial charge in [-0.25, -0.2) is 18.4 Å². The van der Waals surface area contributed by atoms with E-state index in [1.807, 2.05) is 0 Å². The third-order valence-corrected chi connectivity index (χ3v) is 4.83. The van der Waals surface area contributed by atoms with E-state index in [0.717, 1.165) is 4.31 Å². The molecule has 10 heteroatoms. The minimum absolute atomic E-state index is 0.0151. The smallest absolute Gasteiger partial charge is 0.244 e. The topological polar surface area (TPSA) is 104 Å². The Hall–Kier alpha value is -1.71. The number of aromatic amines is 1. The Morgan fingerprint density at radius 1 is 1.48 bits per heavy atom. The van der Waals surface area contributed by atoms with Crippen LogP contribution in [-0.2, 0) is 16.6 Å². The van der Waals surface area contributed by atoms with Gasteiger partial charge in [0.15, 0.2) is 5.82 Å². The summed E-state index contributed by atoms with van der Waals surface area (Å²) in [7, 11) is -0.612. The highest BCUT2D eigenvalue weighted by Gasteiger charge is 2.23. The Labute approximate surface area is 127 Å². The van der Waals surface area contributed by atoms with Gasteiger partial charge in [0.05, 0.1) is 11.6 Å². The molecular weight excluding hydrogens is 316 g/mol. The number of rotatable bonds is 5. The van der Waals surface area contributed by atoms with Crippen molar-refractivity contribution in [2.75, 3.05) is 19.4 Å². The first kappa shape index (κ1) is 15.7. The fourth-order valence-corrected chi connectivity index (χ4v) is 3.09. The van der Waals surface area contributed by atoms with Crippen LogP contribution >= 0.6 is 11.6 Å². The summed E-state index contributed by atoms with van der Waals surface area (Å²) in [5.74, 6) is 1.44. The third kappa shape index (κ3) is 3.31. The second kappa shape index (κ2) is 5.96. The van der Waals surface area contributed by atoms with E-state index in [1.165, 1.54) is 19.3 Å². The van der Waals surface area contributed by atoms with Crippen LogP contribution in [-0.4, -0.2) is 47.0 Å². The van der Waals surface area contributed by atoms with E-state index in [2.05, 4.69) is 25.5 Å². The molecule has 0 saturated heterocycles. The van der Waals surface area contributed by atoms with E-state index in [0.29, 0.717) is 17.5 Å². The average molecular weight is 331 g/mol. The minimum atomic E-state index is -3.71. The van der Waals surface area contributed by atoms with Crippen LogP contribution in [0.3, 0.4) is 0 Å². The number of pyridine rings is 1. The molecule has 0 aromatic carbocycles. The van der Waals surface area contributed by atoms with E-state index in [1.54, 1.807) is 14.0 Å². The van der Waals surface area contributed by atoms with E-state index in [-0.39, 0.29) is 16.5 Å². The number of anilines is 1. The Morgan fingerprint density at radius 2 is 2.19 bits per heavy atom. The summed E-state index contributed by atoms with van der Waals surface area (Å²) < 4.78 is 26.0. The normalized spacial score (nSPS) is 11.9. The molecule has 0 radical (unpaired) electrons. The van der Waals surface area contributed by atoms with Crippen molar-refractivity contribution in [3.63, 3.8) is 0 Å². The number of hydrogen-bond acceptors (Lipinski definition) is 6. The molecule has 0 aliphatic rings. The predicted octanol–water partition coefficient (Wildman–Crippen LogP) is 1.02. The zero-order valence-electron chi connectivity index (χ0n) is 11.8. The number of aryl methyl sites for hydroxylation is 1. The molecule has 0 amide bonds. The molecule has 0 aliphatic carbocycles. The molecule has 21 heavy (non-hydrogen) atoms. The molecule has 2 aromatic rings. The summed E-state index contributed by atoms with van der Waals surface area (Å²) in [5, 5.41) is 9.59. The van der Waals surface area contributed by atoms with E-state index >= 15 is 0 Å². The van der Waals surface area contributed by atoms with Crippen molar-refractivity contribution in [3.05, 3.63) is 28.9 Å². The maximum Gasteiger partial charge on any atom is 0.244 e. The molecule has 0 saturated carbocycles. The summed E-state index contributed by atoms with van der Waals surface area (Å²) >= 11 is 5.97. The standard InChI is InChI=1S/C11H15ClN6O2S/c1-7-15-10(17-16-7)6-18(3)21(19,20)8-4-9(12)11(13-2)14-5-8/h4-5H,6H2,1-3H3,(H,13,14)(H,15,16,17). The number of hydrogen-bond donors (Lipinski definition) is 2. The van der Waals surface area contributed by atoms with Crippen LogP contribution < -0.4 is 5.32 Å². The number of aromatic nitrogens is 4. The van der Waals surface area contributed by atoms with Crippen LogP contribution in [0.15, 0.2) is 17.2 Å². The van der Waals surface area contributed by atoms with Crippen LogP contribution in [0.1, 0.15) is 11.6 Å². The van der Waals surface area contributed by atoms with Gasteiger partial charge in [0, 0.05) is 20.3 Å². The highest BCUT2D eigenvalue weighted by molar-refractivity contribution is 7.89. The van der Waals surface area contributed by atoms with Gasteiger partial charge in [-0.05, 0) is 13.0 Å². The van der Waals surface area contributed by atoms with E-state index < -0.39 is 10.0 Å². The Kier molecular flexibility index (Phi) is 4.45. The first-order valence-corrected chi connectivity index (χ1v) is 7.84. The van der Waals surface area contributed by atoms with Crippen molar-refractivity contribution < 1.29 is 8.42 Å². The van der Waals surface area contributed by atoms with Crippen LogP contribution in [0, 0.1) is 6.92 Å². The van der Waals surface area contributed by atoms with Crippen molar-refractivity contribution in [3.8, 4) is 0 Å². The van der Waals surface area contributed by atoms with Gasteiger partial charge in [-0.3, -0.25) is 5.10 Å². The highest BCUT2D eigenvalue weighted by Crippen LogP contribution is 2.24. The minimum Gasteiger partial charge on any atom is -0.372 e. The number of halogens is 1. The summed E-state index contributed by atoms with van der Waals surface area (Å²) in [5.41, 5.74) is 0. The molecule has 0 fully saturated rings. The molecular formula is C11H15ClN6O2S. The van der Waals surface area contributed by atoms with Crippen LogP contribution in [0.2, 0.25) is 5.02 Å². The summed E-state index contributed by atoms with van der Waals surface area (Å²) in [6.07, 6.45) is 1.26. The monoisotopic (exact) mass is 330 g/mol. The maximum absolute atomic E-state index is 12.4. The van der Waals surface area contributed by atoms with Gasteiger partial charge in [0.2, 0.25) is 10.0 Å². The van der Waals surface area contributed by atoms with Gasteiger partial charge >= 0.3 is 0 Å². The van der Waals surface area contributed by atoms with E-state index in [4.69, 9.17) is 11.6 Å². The van der Waals surface area contributed by atoms with Gasteiger partial charge in [-0.1, -0.05) is 11.6 Å². The number of sulfonamides is 1. The first-order valence-electron chi connectivity index (χ1n) is 6.02. The molecule has 2 aromatic heterocycles. The fraction of sp³-hybridized carbons (Fsp3) is 0.364. The molecule has 2 heterocycles. The van der Waals surface area contributed by atoms with Crippen LogP contribution in [0.4, 0.5) is 5.82 Å². The number of nitrogens with zero attached hydrogens (tertiary/aromatic N) is 4. The largest absolute Gasteiger partial charge is 0.372 e. The van der Waals surface area contributed by atoms with Crippen molar-refractivity contribution in [2.45, 2.75) is 18.4 Å². The van der Waals surface area contributed by atoms with Gasteiger partial charge < -0.3 is 5.32 Å². The SMILES string of the molecule is CNc1ncc(S(=O)(=O)N(C)Cc2n[nH]c(C)n2)cc1Cl. The molecule has 8 nitrogen and oxygen atoms in total. The zero-order valence-corrected chi connectivity index (χ0v) is 13.3. The lowest BCUT2D eigenvalue weighted by Crippen LogP contribution is -2.27.